The predicted octanol–water partition coefficient (Wildman–Crippen LogP) is -4.68. The fraction of sp³-hybridized carbons (Fsp3) is 0. The van der Waals surface area contributed by atoms with Crippen LogP contribution in [0.3, 0.4) is 0 Å². The molecule has 0 aliphatic rings. The van der Waals surface area contributed by atoms with Gasteiger partial charge in [-0.05, 0) is 0 Å². The normalized spacial score (nSPS) is 11.1. The first-order valence-electron chi connectivity index (χ1n) is 2.30. The summed E-state index contributed by atoms with van der Waals surface area (Å²) < 4.78 is 26.3. The minimum Gasteiger partial charge on any atom is -0.756 e. The predicted molar refractivity (Wildman–Crippen MR) is 36.1 cm³/mol. The molecule has 0 fully saturated rings. The first-order chi connectivity index (χ1) is 6.00. The van der Waals surface area contributed by atoms with Crippen LogP contribution in [0.5, 0.6) is 0 Å². The molecule has 0 aromatic rings. The third kappa shape index (κ3) is 1410. The molecule has 0 saturated heterocycles. The average Bonchev–Trinajstić information content (AvgIpc) is 1.41. The second-order valence-electron chi connectivity index (χ2n) is 1.47. The minimum absolute atomic E-state index is 0. The first-order valence-corrected chi connectivity index (χ1v) is 6.89. The van der Waals surface area contributed by atoms with Gasteiger partial charge in [-0.2, -0.15) is 0 Å². The van der Waals surface area contributed by atoms with Crippen molar-refractivity contribution in [3.63, 3.8) is 0 Å². The van der Waals surface area contributed by atoms with Crippen LogP contribution in [0.15, 0.2) is 0 Å². The van der Waals surface area contributed by atoms with Crippen molar-refractivity contribution >= 4 is 23.5 Å². The number of rotatable bonds is 0. The standard InChI is InChI=1S/La.3H3O4P/c;3*1-5(2,3)4/h;3*(H3,1,2,3,4)/q+3;;;/p-3. The molecular formula is H6LaO12P3. The summed E-state index contributed by atoms with van der Waals surface area (Å²) in [6.45, 7) is 0. The molecule has 0 bridgehead atoms. The van der Waals surface area contributed by atoms with E-state index >= 15 is 0 Å². The summed E-state index contributed by atoms with van der Waals surface area (Å²) in [4.78, 5) is 68.8. The van der Waals surface area contributed by atoms with E-state index in [2.05, 4.69) is 0 Å². The van der Waals surface area contributed by atoms with Crippen molar-refractivity contribution < 1.29 is 93.3 Å². The molecule has 96 valence electrons. The summed E-state index contributed by atoms with van der Waals surface area (Å²) in [5, 5.41) is 0. The van der Waals surface area contributed by atoms with Gasteiger partial charge in [-0.25, -0.2) is 0 Å². The van der Waals surface area contributed by atoms with Crippen LogP contribution >= 0.6 is 23.5 Å². The second kappa shape index (κ2) is 10.4. The molecule has 0 spiro atoms. The SMILES string of the molecule is O=P([O-])(O)O.O=P([O-])(O)O.O=P([O-])(O)O.[La+3]. The summed E-state index contributed by atoms with van der Waals surface area (Å²) in [5.74, 6) is 0. The minimum atomic E-state index is -4.89. The second-order valence-corrected chi connectivity index (χ2v) is 4.42. The Labute approximate surface area is 116 Å². The van der Waals surface area contributed by atoms with Crippen molar-refractivity contribution in [1.82, 2.24) is 0 Å². The molecule has 0 rings (SSSR count). The van der Waals surface area contributed by atoms with E-state index in [4.69, 9.17) is 57.7 Å². The molecule has 0 aromatic heterocycles. The van der Waals surface area contributed by atoms with Gasteiger partial charge in [0.05, 0.1) is 0 Å². The van der Waals surface area contributed by atoms with E-state index in [0.29, 0.717) is 0 Å². The van der Waals surface area contributed by atoms with E-state index in [0.717, 1.165) is 0 Å². The fourth-order valence-corrected chi connectivity index (χ4v) is 0. The molecule has 0 aliphatic heterocycles. The van der Waals surface area contributed by atoms with E-state index in [1.54, 1.807) is 0 Å². The Balaban J connectivity index is -0.0000000655. The molecular weight excluding hydrogens is 424 g/mol. The molecule has 0 atom stereocenters. The van der Waals surface area contributed by atoms with Gasteiger partial charge >= 0.3 is 35.6 Å². The quantitative estimate of drug-likeness (QED) is 0.199. The third-order valence-electron chi connectivity index (χ3n) is 0. The molecule has 0 amide bonds. The Morgan fingerprint density at radius 3 is 0.562 bits per heavy atom. The maximum Gasteiger partial charge on any atom is 3.00 e. The van der Waals surface area contributed by atoms with E-state index in [1.807, 2.05) is 0 Å². The van der Waals surface area contributed by atoms with Gasteiger partial charge in [0.15, 0.2) is 0 Å². The number of hydrogen-bond acceptors (Lipinski definition) is 6. The van der Waals surface area contributed by atoms with E-state index < -0.39 is 23.5 Å². The first kappa shape index (κ1) is 26.2. The molecule has 12 nitrogen and oxygen atoms in total. The van der Waals surface area contributed by atoms with Gasteiger partial charge in [0.25, 0.3) is 23.5 Å². The van der Waals surface area contributed by atoms with Crippen LogP contribution in [0.1, 0.15) is 0 Å². The molecule has 0 aliphatic carbocycles. The molecule has 16 heteroatoms. The van der Waals surface area contributed by atoms with Crippen LogP contribution in [-0.4, -0.2) is 29.4 Å². The summed E-state index contributed by atoms with van der Waals surface area (Å²) in [6, 6.07) is 0. The zero-order chi connectivity index (χ0) is 13.5. The van der Waals surface area contributed by atoms with Gasteiger partial charge in [0.1, 0.15) is 0 Å². The Morgan fingerprint density at radius 1 is 0.562 bits per heavy atom. The number of hydrogen-bond donors (Lipinski definition) is 6. The Hall–Kier alpha value is 1.52. The van der Waals surface area contributed by atoms with Crippen LogP contribution in [0, 0.1) is 35.6 Å². The van der Waals surface area contributed by atoms with Crippen molar-refractivity contribution in [3.8, 4) is 0 Å². The van der Waals surface area contributed by atoms with Crippen molar-refractivity contribution in [2.24, 2.45) is 0 Å². The monoisotopic (exact) mass is 430 g/mol. The Bertz CT molecular complexity index is 202. The van der Waals surface area contributed by atoms with Crippen LogP contribution in [-0.2, 0) is 13.7 Å². The number of phosphoric acid groups is 3. The van der Waals surface area contributed by atoms with E-state index in [-0.39, 0.29) is 35.6 Å². The fourth-order valence-electron chi connectivity index (χ4n) is 0. The van der Waals surface area contributed by atoms with E-state index in [1.165, 1.54) is 0 Å². The van der Waals surface area contributed by atoms with Gasteiger partial charge in [-0.1, -0.05) is 0 Å². The van der Waals surface area contributed by atoms with Crippen molar-refractivity contribution in [2.75, 3.05) is 0 Å². The maximum absolute atomic E-state index is 8.77. The van der Waals surface area contributed by atoms with Gasteiger partial charge < -0.3 is 44.0 Å². The largest absolute Gasteiger partial charge is 3.00 e. The molecule has 0 aromatic carbocycles. The van der Waals surface area contributed by atoms with Crippen molar-refractivity contribution in [1.29, 1.82) is 0 Å². The molecule has 16 heavy (non-hydrogen) atoms. The molecule has 0 heterocycles. The van der Waals surface area contributed by atoms with Crippen LogP contribution in [0.25, 0.3) is 0 Å². The summed E-state index contributed by atoms with van der Waals surface area (Å²) in [7, 11) is -14.7. The summed E-state index contributed by atoms with van der Waals surface area (Å²) >= 11 is 0. The van der Waals surface area contributed by atoms with Gasteiger partial charge in [-0.15, -0.1) is 0 Å². The van der Waals surface area contributed by atoms with Gasteiger partial charge in [0, 0.05) is 0 Å². The smallest absolute Gasteiger partial charge is 0.756 e. The molecule has 0 unspecified atom stereocenters. The maximum atomic E-state index is 8.77. The zero-order valence-corrected chi connectivity index (χ0v) is 13.4. The molecule has 0 radical (unpaired) electrons. The van der Waals surface area contributed by atoms with Crippen LogP contribution in [0.2, 0.25) is 0 Å². The van der Waals surface area contributed by atoms with E-state index in [9.17, 15) is 0 Å². The topological polar surface area (TPSA) is 242 Å². The van der Waals surface area contributed by atoms with Crippen LogP contribution < -0.4 is 14.7 Å². The van der Waals surface area contributed by atoms with Gasteiger partial charge in [0.2, 0.25) is 0 Å². The van der Waals surface area contributed by atoms with Crippen molar-refractivity contribution in [3.05, 3.63) is 0 Å². The average molecular weight is 430 g/mol. The van der Waals surface area contributed by atoms with Crippen LogP contribution in [0.4, 0.5) is 0 Å². The molecule has 6 N–H and O–H groups in total. The summed E-state index contributed by atoms with van der Waals surface area (Å²) in [5.41, 5.74) is 0. The zero-order valence-electron chi connectivity index (χ0n) is 7.05. The molecule has 0 saturated carbocycles. The summed E-state index contributed by atoms with van der Waals surface area (Å²) in [6.07, 6.45) is 0. The van der Waals surface area contributed by atoms with Gasteiger partial charge in [-0.3, -0.25) is 13.7 Å². The van der Waals surface area contributed by atoms with Crippen molar-refractivity contribution in [2.45, 2.75) is 0 Å². The third-order valence-corrected chi connectivity index (χ3v) is 0. The Kier molecular flexibility index (Phi) is 17.1. The Morgan fingerprint density at radius 2 is 0.562 bits per heavy atom.